The van der Waals surface area contributed by atoms with E-state index in [1.54, 1.807) is 5.57 Å². The average Bonchev–Trinajstić information content (AvgIpc) is 3.39. The molecule has 4 nitrogen and oxygen atoms in total. The molecule has 0 N–H and O–H groups in total. The largest absolute Gasteiger partial charge is 0.363 e. The Morgan fingerprint density at radius 1 is 1.07 bits per heavy atom. The van der Waals surface area contributed by atoms with Crippen molar-refractivity contribution in [1.29, 1.82) is 0 Å². The number of fused-ring (bicyclic) bond motifs is 8. The molecule has 6 aliphatic rings. The van der Waals surface area contributed by atoms with Crippen molar-refractivity contribution in [1.82, 2.24) is 0 Å². The van der Waals surface area contributed by atoms with Crippen LogP contribution in [0.15, 0.2) is 11.6 Å². The van der Waals surface area contributed by atoms with Crippen LogP contribution in [0.3, 0.4) is 0 Å². The molecule has 2 saturated heterocycles. The number of rotatable bonds is 0. The van der Waals surface area contributed by atoms with E-state index in [0.717, 1.165) is 38.9 Å². The maximum Gasteiger partial charge on any atom is 0.197 e. The zero-order chi connectivity index (χ0) is 18.6. The van der Waals surface area contributed by atoms with Crippen molar-refractivity contribution in [2.75, 3.05) is 13.2 Å². The van der Waals surface area contributed by atoms with E-state index in [1.807, 2.05) is 0 Å². The maximum absolute atomic E-state index is 12.5. The molecule has 0 amide bonds. The van der Waals surface area contributed by atoms with Gasteiger partial charge in [-0.1, -0.05) is 32.4 Å². The maximum atomic E-state index is 12.5. The number of allylic oxidation sites excluding steroid dienone is 1. The van der Waals surface area contributed by atoms with Crippen LogP contribution in [0.1, 0.15) is 59.3 Å². The predicted molar refractivity (Wildman–Crippen MR) is 99.9 cm³/mol. The minimum absolute atomic E-state index is 0.0928. The highest BCUT2D eigenvalue weighted by Crippen LogP contribution is 2.64. The summed E-state index contributed by atoms with van der Waals surface area (Å²) in [7, 11) is 0. The standard InChI is InChI=1S/C23H32O4/c1-21(2)11-25-23(26-12-21)10-13-4-5-14-15(18(13)19-20(23)27-19)8-9-22(3)16(14)6-7-17(22)24/h8,13-14,16,18-20H,4-7,9-12H2,1-3H3/t13?,14-,16+,18-,19?,20?,22-/m1/s1. The minimum atomic E-state index is -0.499. The van der Waals surface area contributed by atoms with Gasteiger partial charge < -0.3 is 14.2 Å². The van der Waals surface area contributed by atoms with Crippen molar-refractivity contribution in [3.8, 4) is 0 Å². The van der Waals surface area contributed by atoms with Crippen molar-refractivity contribution in [3.05, 3.63) is 11.6 Å². The third-order valence-corrected chi connectivity index (χ3v) is 8.83. The lowest BCUT2D eigenvalue weighted by Crippen LogP contribution is -2.57. The van der Waals surface area contributed by atoms with E-state index in [1.165, 1.54) is 12.8 Å². The van der Waals surface area contributed by atoms with Crippen LogP contribution in [-0.2, 0) is 19.0 Å². The van der Waals surface area contributed by atoms with Crippen LogP contribution in [0.4, 0.5) is 0 Å². The Balaban J connectivity index is 1.28. The second-order valence-electron chi connectivity index (χ2n) is 11.1. The highest BCUT2D eigenvalue weighted by Gasteiger charge is 2.69. The first-order valence-electron chi connectivity index (χ1n) is 11.0. The fourth-order valence-electron chi connectivity index (χ4n) is 7.24. The van der Waals surface area contributed by atoms with Gasteiger partial charge in [0, 0.05) is 29.6 Å². The molecular weight excluding hydrogens is 340 g/mol. The summed E-state index contributed by atoms with van der Waals surface area (Å²) in [5.74, 6) is 2.28. The predicted octanol–water partition coefficient (Wildman–Crippen LogP) is 3.88. The third-order valence-electron chi connectivity index (χ3n) is 8.83. The fraction of sp³-hybridized carbons (Fsp3) is 0.870. The number of carbonyl (C=O) groups excluding carboxylic acids is 1. The summed E-state index contributed by atoms with van der Waals surface area (Å²) in [6, 6.07) is 0. The third kappa shape index (κ3) is 2.24. The van der Waals surface area contributed by atoms with E-state index in [0.29, 0.717) is 29.5 Å². The van der Waals surface area contributed by atoms with Crippen molar-refractivity contribution in [2.45, 2.75) is 77.3 Å². The highest BCUT2D eigenvalue weighted by atomic mass is 16.8. The van der Waals surface area contributed by atoms with E-state index in [4.69, 9.17) is 14.2 Å². The van der Waals surface area contributed by atoms with Crippen molar-refractivity contribution in [3.63, 3.8) is 0 Å². The molecule has 0 aromatic rings. The molecule has 0 aromatic carbocycles. The van der Waals surface area contributed by atoms with E-state index in [2.05, 4.69) is 26.8 Å². The van der Waals surface area contributed by atoms with Gasteiger partial charge in [0.05, 0.1) is 19.3 Å². The van der Waals surface area contributed by atoms with Gasteiger partial charge in [-0.15, -0.1) is 0 Å². The Hall–Kier alpha value is -0.710. The molecule has 3 unspecified atom stereocenters. The van der Waals surface area contributed by atoms with E-state index in [-0.39, 0.29) is 23.0 Å². The van der Waals surface area contributed by atoms with Crippen LogP contribution in [0.2, 0.25) is 0 Å². The second-order valence-corrected chi connectivity index (χ2v) is 11.1. The van der Waals surface area contributed by atoms with Crippen LogP contribution in [0.25, 0.3) is 0 Å². The van der Waals surface area contributed by atoms with Crippen molar-refractivity contribution in [2.24, 2.45) is 34.5 Å². The molecule has 0 aromatic heterocycles. The molecule has 148 valence electrons. The monoisotopic (exact) mass is 372 g/mol. The number of ketones is 1. The zero-order valence-corrected chi connectivity index (χ0v) is 16.8. The summed E-state index contributed by atoms with van der Waals surface area (Å²) in [5.41, 5.74) is 1.62. The zero-order valence-electron chi connectivity index (χ0n) is 16.8. The van der Waals surface area contributed by atoms with Gasteiger partial charge in [-0.05, 0) is 43.4 Å². The molecule has 1 spiro atoms. The SMILES string of the molecule is CC1(C)COC2(CC3CC[C@@H]4C(=CC[C@@]5(C)C(=O)CC[C@@H]45)[C@@H]3C3OC32)OC1. The van der Waals surface area contributed by atoms with Crippen LogP contribution in [0, 0.1) is 34.5 Å². The average molecular weight is 373 g/mol. The van der Waals surface area contributed by atoms with Gasteiger partial charge in [-0.2, -0.15) is 0 Å². The van der Waals surface area contributed by atoms with Gasteiger partial charge in [0.25, 0.3) is 0 Å². The number of hydrogen-bond acceptors (Lipinski definition) is 4. The molecule has 6 rings (SSSR count). The van der Waals surface area contributed by atoms with Gasteiger partial charge in [-0.3, -0.25) is 4.79 Å². The lowest BCUT2D eigenvalue weighted by atomic mass is 9.54. The first kappa shape index (κ1) is 17.2. The molecular formula is C23H32O4. The Bertz CT molecular complexity index is 714. The minimum Gasteiger partial charge on any atom is -0.363 e. The van der Waals surface area contributed by atoms with Crippen molar-refractivity contribution < 1.29 is 19.0 Å². The van der Waals surface area contributed by atoms with Crippen LogP contribution in [0.5, 0.6) is 0 Å². The summed E-state index contributed by atoms with van der Waals surface area (Å²) in [6.07, 6.45) is 9.05. The first-order chi connectivity index (χ1) is 12.8. The Morgan fingerprint density at radius 2 is 1.85 bits per heavy atom. The smallest absolute Gasteiger partial charge is 0.197 e. The van der Waals surface area contributed by atoms with Crippen LogP contribution < -0.4 is 0 Å². The summed E-state index contributed by atoms with van der Waals surface area (Å²) < 4.78 is 19.0. The van der Waals surface area contributed by atoms with Crippen molar-refractivity contribution >= 4 is 5.78 Å². The molecule has 7 atom stereocenters. The Kier molecular flexibility index (Phi) is 3.34. The highest BCUT2D eigenvalue weighted by molar-refractivity contribution is 5.87. The summed E-state index contributed by atoms with van der Waals surface area (Å²) >= 11 is 0. The Labute approximate surface area is 162 Å². The number of ether oxygens (including phenoxy) is 3. The second kappa shape index (κ2) is 5.25. The molecule has 0 radical (unpaired) electrons. The number of carbonyl (C=O) groups is 1. The topological polar surface area (TPSA) is 48.1 Å². The van der Waals surface area contributed by atoms with Crippen LogP contribution >= 0.6 is 0 Å². The molecule has 5 fully saturated rings. The molecule has 3 saturated carbocycles. The van der Waals surface area contributed by atoms with E-state index in [9.17, 15) is 4.79 Å². The Morgan fingerprint density at radius 3 is 2.63 bits per heavy atom. The summed E-state index contributed by atoms with van der Waals surface area (Å²) in [6.45, 7) is 8.14. The fourth-order valence-corrected chi connectivity index (χ4v) is 7.24. The number of epoxide rings is 1. The van der Waals surface area contributed by atoms with E-state index < -0.39 is 5.79 Å². The molecule has 0 bridgehead atoms. The molecule has 4 aliphatic carbocycles. The van der Waals surface area contributed by atoms with Gasteiger partial charge in [-0.25, -0.2) is 0 Å². The molecule has 4 heteroatoms. The van der Waals surface area contributed by atoms with Gasteiger partial charge >= 0.3 is 0 Å². The van der Waals surface area contributed by atoms with Gasteiger partial charge in [0.15, 0.2) is 5.79 Å². The lowest BCUT2D eigenvalue weighted by Gasteiger charge is -2.52. The van der Waals surface area contributed by atoms with Crippen LogP contribution in [-0.4, -0.2) is 37.0 Å². The number of hydrogen-bond donors (Lipinski definition) is 0. The van der Waals surface area contributed by atoms with Gasteiger partial charge in [0.2, 0.25) is 0 Å². The quantitative estimate of drug-likeness (QED) is 0.478. The van der Waals surface area contributed by atoms with E-state index >= 15 is 0 Å². The normalized spacial score (nSPS) is 51.7. The molecule has 2 aliphatic heterocycles. The first-order valence-corrected chi connectivity index (χ1v) is 11.0. The summed E-state index contributed by atoms with van der Waals surface area (Å²) in [5, 5.41) is 0. The molecule has 2 heterocycles. The summed E-state index contributed by atoms with van der Waals surface area (Å²) in [4.78, 5) is 12.5. The van der Waals surface area contributed by atoms with Gasteiger partial charge in [0.1, 0.15) is 11.9 Å². The molecule has 27 heavy (non-hydrogen) atoms. The number of Topliss-reactive ketones (excluding diaryl/α,β-unsaturated/α-hetero) is 1. The lowest BCUT2D eigenvalue weighted by molar-refractivity contribution is -0.318.